The summed E-state index contributed by atoms with van der Waals surface area (Å²) in [6, 6.07) is 0. The third-order valence-electron chi connectivity index (χ3n) is 2.99. The SMILES string of the molecule is CCNC(=NCCC(C)C)NCCN(C)CCCOC. The van der Waals surface area contributed by atoms with Crippen molar-refractivity contribution < 1.29 is 4.74 Å². The van der Waals surface area contributed by atoms with Crippen LogP contribution < -0.4 is 10.6 Å². The number of rotatable bonds is 11. The molecule has 0 radical (unpaired) electrons. The lowest BCUT2D eigenvalue weighted by Crippen LogP contribution is -2.41. The van der Waals surface area contributed by atoms with Gasteiger partial charge in [-0.3, -0.25) is 4.99 Å². The molecule has 0 bridgehead atoms. The molecule has 0 saturated heterocycles. The fourth-order valence-electron chi connectivity index (χ4n) is 1.73. The molecule has 0 aliphatic heterocycles. The van der Waals surface area contributed by atoms with Crippen LogP contribution in [0.15, 0.2) is 4.99 Å². The predicted octanol–water partition coefficient (Wildman–Crippen LogP) is 1.56. The van der Waals surface area contributed by atoms with Crippen LogP contribution in [0, 0.1) is 5.92 Å². The highest BCUT2D eigenvalue weighted by molar-refractivity contribution is 5.79. The summed E-state index contributed by atoms with van der Waals surface area (Å²) in [4.78, 5) is 6.89. The van der Waals surface area contributed by atoms with Crippen molar-refractivity contribution in [1.82, 2.24) is 15.5 Å². The Labute approximate surface area is 125 Å². The van der Waals surface area contributed by atoms with E-state index in [1.54, 1.807) is 7.11 Å². The summed E-state index contributed by atoms with van der Waals surface area (Å²) in [5.41, 5.74) is 0. The van der Waals surface area contributed by atoms with Crippen LogP contribution >= 0.6 is 0 Å². The van der Waals surface area contributed by atoms with E-state index in [9.17, 15) is 0 Å². The molecule has 0 aliphatic rings. The number of aliphatic imine (C=N–C) groups is 1. The van der Waals surface area contributed by atoms with Gasteiger partial charge in [0.05, 0.1) is 0 Å². The third-order valence-corrected chi connectivity index (χ3v) is 2.99. The van der Waals surface area contributed by atoms with E-state index < -0.39 is 0 Å². The lowest BCUT2D eigenvalue weighted by molar-refractivity contribution is 0.180. The van der Waals surface area contributed by atoms with Gasteiger partial charge >= 0.3 is 0 Å². The smallest absolute Gasteiger partial charge is 0.191 e. The number of nitrogens with one attached hydrogen (secondary N) is 2. The maximum absolute atomic E-state index is 5.06. The van der Waals surface area contributed by atoms with E-state index in [1.807, 2.05) is 0 Å². The molecule has 0 rings (SSSR count). The molecule has 2 N–H and O–H groups in total. The molecule has 20 heavy (non-hydrogen) atoms. The Morgan fingerprint density at radius 2 is 2.00 bits per heavy atom. The molecule has 5 nitrogen and oxygen atoms in total. The Morgan fingerprint density at radius 1 is 1.25 bits per heavy atom. The van der Waals surface area contributed by atoms with Crippen molar-refractivity contribution >= 4 is 5.96 Å². The minimum Gasteiger partial charge on any atom is -0.385 e. The molecule has 0 saturated carbocycles. The second kappa shape index (κ2) is 13.2. The molecule has 0 heterocycles. The Morgan fingerprint density at radius 3 is 2.60 bits per heavy atom. The fourth-order valence-corrected chi connectivity index (χ4v) is 1.73. The van der Waals surface area contributed by atoms with Gasteiger partial charge in [-0.2, -0.15) is 0 Å². The van der Waals surface area contributed by atoms with Crippen LogP contribution in [0.2, 0.25) is 0 Å². The summed E-state index contributed by atoms with van der Waals surface area (Å²) in [6.45, 7) is 12.2. The first-order valence-electron chi connectivity index (χ1n) is 7.79. The van der Waals surface area contributed by atoms with E-state index >= 15 is 0 Å². The van der Waals surface area contributed by atoms with E-state index in [4.69, 9.17) is 4.74 Å². The molecule has 120 valence electrons. The molecule has 0 spiro atoms. The van der Waals surface area contributed by atoms with Gasteiger partial charge in [-0.15, -0.1) is 0 Å². The molecule has 0 aromatic heterocycles. The second-order valence-corrected chi connectivity index (χ2v) is 5.52. The van der Waals surface area contributed by atoms with Gasteiger partial charge in [-0.05, 0) is 32.7 Å². The van der Waals surface area contributed by atoms with Gasteiger partial charge in [-0.25, -0.2) is 0 Å². The Hall–Kier alpha value is -0.810. The van der Waals surface area contributed by atoms with Crippen LogP contribution in [-0.4, -0.2) is 64.3 Å². The summed E-state index contributed by atoms with van der Waals surface area (Å²) >= 11 is 0. The summed E-state index contributed by atoms with van der Waals surface area (Å²) < 4.78 is 5.06. The van der Waals surface area contributed by atoms with Gasteiger partial charge < -0.3 is 20.3 Å². The van der Waals surface area contributed by atoms with Crippen molar-refractivity contribution in [2.75, 3.05) is 53.5 Å². The molecular formula is C15H34N4O. The Bertz CT molecular complexity index is 244. The van der Waals surface area contributed by atoms with Gasteiger partial charge in [0.2, 0.25) is 0 Å². The zero-order chi connectivity index (χ0) is 15.2. The minimum atomic E-state index is 0.702. The van der Waals surface area contributed by atoms with E-state index in [2.05, 4.69) is 48.3 Å². The van der Waals surface area contributed by atoms with Crippen LogP contribution in [0.4, 0.5) is 0 Å². The zero-order valence-electron chi connectivity index (χ0n) is 14.0. The van der Waals surface area contributed by atoms with Gasteiger partial charge in [0.15, 0.2) is 5.96 Å². The maximum atomic E-state index is 5.06. The summed E-state index contributed by atoms with van der Waals surface area (Å²) in [5, 5.41) is 6.66. The van der Waals surface area contributed by atoms with Crippen molar-refractivity contribution in [3.63, 3.8) is 0 Å². The van der Waals surface area contributed by atoms with Crippen LogP contribution in [-0.2, 0) is 4.74 Å². The van der Waals surface area contributed by atoms with E-state index in [-0.39, 0.29) is 0 Å². The highest BCUT2D eigenvalue weighted by Gasteiger charge is 2.00. The standard InChI is InChI=1S/C15H34N4O/c1-6-16-15(17-9-8-14(2)3)18-10-12-19(4)11-7-13-20-5/h14H,6-13H2,1-5H3,(H2,16,17,18). The first-order valence-corrected chi connectivity index (χ1v) is 7.79. The topological polar surface area (TPSA) is 48.9 Å². The van der Waals surface area contributed by atoms with E-state index in [1.165, 1.54) is 0 Å². The van der Waals surface area contributed by atoms with Crippen LogP contribution in [0.25, 0.3) is 0 Å². The Balaban J connectivity index is 3.84. The molecule has 0 aromatic carbocycles. The highest BCUT2D eigenvalue weighted by Crippen LogP contribution is 1.98. The molecule has 0 aromatic rings. The average Bonchev–Trinajstić information content (AvgIpc) is 2.38. The van der Waals surface area contributed by atoms with Gasteiger partial charge in [0.25, 0.3) is 0 Å². The van der Waals surface area contributed by atoms with Crippen LogP contribution in [0.3, 0.4) is 0 Å². The summed E-state index contributed by atoms with van der Waals surface area (Å²) in [5.74, 6) is 1.63. The number of nitrogens with zero attached hydrogens (tertiary/aromatic N) is 2. The van der Waals surface area contributed by atoms with Gasteiger partial charge in [0.1, 0.15) is 0 Å². The predicted molar refractivity (Wildman–Crippen MR) is 87.4 cm³/mol. The number of guanidine groups is 1. The number of hydrogen-bond donors (Lipinski definition) is 2. The molecule has 0 fully saturated rings. The molecule has 0 unspecified atom stereocenters. The number of likely N-dealkylation sites (N-methyl/N-ethyl adjacent to an activating group) is 1. The highest BCUT2D eigenvalue weighted by atomic mass is 16.5. The fraction of sp³-hybridized carbons (Fsp3) is 0.933. The molecule has 0 aliphatic carbocycles. The first kappa shape index (κ1) is 19.2. The minimum absolute atomic E-state index is 0.702. The number of ether oxygens (including phenoxy) is 1. The maximum Gasteiger partial charge on any atom is 0.191 e. The molecular weight excluding hydrogens is 252 g/mol. The van der Waals surface area contributed by atoms with Crippen LogP contribution in [0.1, 0.15) is 33.6 Å². The molecule has 5 heteroatoms. The van der Waals surface area contributed by atoms with E-state index in [0.717, 1.165) is 58.1 Å². The van der Waals surface area contributed by atoms with Crippen molar-refractivity contribution in [2.24, 2.45) is 10.9 Å². The molecule has 0 atom stereocenters. The number of methoxy groups -OCH3 is 1. The third kappa shape index (κ3) is 12.2. The quantitative estimate of drug-likeness (QED) is 0.344. The van der Waals surface area contributed by atoms with E-state index in [0.29, 0.717) is 5.92 Å². The lowest BCUT2D eigenvalue weighted by Gasteiger charge is -2.18. The summed E-state index contributed by atoms with van der Waals surface area (Å²) in [7, 11) is 3.89. The largest absolute Gasteiger partial charge is 0.385 e. The zero-order valence-corrected chi connectivity index (χ0v) is 14.0. The van der Waals surface area contributed by atoms with Crippen LogP contribution in [0.5, 0.6) is 0 Å². The monoisotopic (exact) mass is 286 g/mol. The lowest BCUT2D eigenvalue weighted by atomic mass is 10.1. The Kier molecular flexibility index (Phi) is 12.7. The second-order valence-electron chi connectivity index (χ2n) is 5.52. The summed E-state index contributed by atoms with van der Waals surface area (Å²) in [6.07, 6.45) is 2.21. The average molecular weight is 286 g/mol. The number of hydrogen-bond acceptors (Lipinski definition) is 3. The van der Waals surface area contributed by atoms with Gasteiger partial charge in [0, 0.05) is 46.4 Å². The van der Waals surface area contributed by atoms with Crippen molar-refractivity contribution in [3.8, 4) is 0 Å². The van der Waals surface area contributed by atoms with Gasteiger partial charge in [-0.1, -0.05) is 13.8 Å². The first-order chi connectivity index (χ1) is 9.60. The normalized spacial score (nSPS) is 12.2. The molecule has 0 amide bonds. The van der Waals surface area contributed by atoms with Crippen molar-refractivity contribution in [2.45, 2.75) is 33.6 Å². The van der Waals surface area contributed by atoms with Crippen molar-refractivity contribution in [1.29, 1.82) is 0 Å². The van der Waals surface area contributed by atoms with Crippen molar-refractivity contribution in [3.05, 3.63) is 0 Å².